The van der Waals surface area contributed by atoms with Gasteiger partial charge in [-0.1, -0.05) is 6.92 Å². The number of amides is 1. The number of nitrogens with zero attached hydrogens (tertiary/aromatic N) is 1. The number of nitrogens with one attached hydrogen (secondary N) is 1. The minimum atomic E-state index is 0.0856. The molecule has 2 rings (SSSR count). The van der Waals surface area contributed by atoms with E-state index in [1.165, 1.54) is 0 Å². The summed E-state index contributed by atoms with van der Waals surface area (Å²) in [5, 5.41) is 3.31. The summed E-state index contributed by atoms with van der Waals surface area (Å²) in [6.45, 7) is 3.99. The number of carbonyl (C=O) groups is 1. The van der Waals surface area contributed by atoms with Crippen molar-refractivity contribution in [3.63, 3.8) is 0 Å². The predicted octanol–water partition coefficient (Wildman–Crippen LogP) is 1.67. The Morgan fingerprint density at radius 3 is 2.88 bits per heavy atom. The van der Waals surface area contributed by atoms with Crippen molar-refractivity contribution in [3.8, 4) is 0 Å². The van der Waals surface area contributed by atoms with E-state index in [2.05, 4.69) is 5.32 Å². The first-order valence-electron chi connectivity index (χ1n) is 6.28. The van der Waals surface area contributed by atoms with Gasteiger partial charge < -0.3 is 14.6 Å². The van der Waals surface area contributed by atoms with E-state index in [9.17, 15) is 4.79 Å². The largest absolute Gasteiger partial charge is 0.469 e. The van der Waals surface area contributed by atoms with E-state index in [-0.39, 0.29) is 5.91 Å². The number of piperidine rings is 1. The summed E-state index contributed by atoms with van der Waals surface area (Å²) in [6, 6.07) is 2.13. The number of rotatable bonds is 3. The van der Waals surface area contributed by atoms with Gasteiger partial charge in [-0.2, -0.15) is 0 Å². The van der Waals surface area contributed by atoms with Crippen molar-refractivity contribution < 1.29 is 9.21 Å². The third kappa shape index (κ3) is 2.52. The highest BCUT2D eigenvalue weighted by Gasteiger charge is 2.25. The van der Waals surface area contributed by atoms with Crippen LogP contribution in [0.15, 0.2) is 16.7 Å². The highest BCUT2D eigenvalue weighted by Crippen LogP contribution is 2.17. The minimum absolute atomic E-state index is 0.0856. The molecule has 0 spiro atoms. The van der Waals surface area contributed by atoms with Crippen molar-refractivity contribution in [2.45, 2.75) is 32.2 Å². The maximum absolute atomic E-state index is 12.3. The zero-order valence-corrected chi connectivity index (χ0v) is 10.5. The van der Waals surface area contributed by atoms with E-state index < -0.39 is 0 Å². The summed E-state index contributed by atoms with van der Waals surface area (Å²) in [4.78, 5) is 14.2. The van der Waals surface area contributed by atoms with Gasteiger partial charge in [-0.05, 0) is 32.0 Å². The molecule has 0 aliphatic carbocycles. The Kier molecular flexibility index (Phi) is 3.84. The number of hydrogen-bond acceptors (Lipinski definition) is 3. The van der Waals surface area contributed by atoms with Crippen LogP contribution in [0.1, 0.15) is 35.9 Å². The zero-order valence-electron chi connectivity index (χ0n) is 10.5. The molecule has 0 radical (unpaired) electrons. The maximum Gasteiger partial charge on any atom is 0.257 e. The molecule has 4 heteroatoms. The number of furan rings is 1. The standard InChI is InChI=1S/C13H20N2O2/c1-3-12-11(6-9-17-12)13(16)15(2)10-4-7-14-8-5-10/h6,9-10,14H,3-5,7-8H2,1-2H3. The molecule has 1 amide bonds. The molecular weight excluding hydrogens is 216 g/mol. The topological polar surface area (TPSA) is 45.5 Å². The SMILES string of the molecule is CCc1occc1C(=O)N(C)C1CCNCC1. The lowest BCUT2D eigenvalue weighted by Crippen LogP contribution is -2.44. The van der Waals surface area contributed by atoms with Gasteiger partial charge in [-0.3, -0.25) is 4.79 Å². The molecule has 1 aromatic heterocycles. The summed E-state index contributed by atoms with van der Waals surface area (Å²) in [7, 11) is 1.89. The van der Waals surface area contributed by atoms with Crippen LogP contribution in [0, 0.1) is 0 Å². The van der Waals surface area contributed by atoms with Crippen LogP contribution < -0.4 is 5.32 Å². The van der Waals surface area contributed by atoms with Gasteiger partial charge >= 0.3 is 0 Å². The Hall–Kier alpha value is -1.29. The van der Waals surface area contributed by atoms with Gasteiger partial charge in [-0.15, -0.1) is 0 Å². The lowest BCUT2D eigenvalue weighted by molar-refractivity contribution is 0.0701. The van der Waals surface area contributed by atoms with Crippen molar-refractivity contribution in [3.05, 3.63) is 23.7 Å². The monoisotopic (exact) mass is 236 g/mol. The molecule has 0 atom stereocenters. The van der Waals surface area contributed by atoms with Gasteiger partial charge in [0.25, 0.3) is 5.91 Å². The number of carbonyl (C=O) groups excluding carboxylic acids is 1. The molecule has 2 heterocycles. The molecule has 17 heavy (non-hydrogen) atoms. The van der Waals surface area contributed by atoms with Gasteiger partial charge in [0, 0.05) is 19.5 Å². The fourth-order valence-corrected chi connectivity index (χ4v) is 2.35. The van der Waals surface area contributed by atoms with Crippen molar-refractivity contribution >= 4 is 5.91 Å². The molecule has 94 valence electrons. The van der Waals surface area contributed by atoms with Crippen molar-refractivity contribution in [2.24, 2.45) is 0 Å². The Bertz CT molecular complexity index is 381. The van der Waals surface area contributed by atoms with Crippen LogP contribution >= 0.6 is 0 Å². The fraction of sp³-hybridized carbons (Fsp3) is 0.615. The quantitative estimate of drug-likeness (QED) is 0.868. The molecular formula is C13H20N2O2. The van der Waals surface area contributed by atoms with Crippen LogP contribution in [0.25, 0.3) is 0 Å². The molecule has 0 aromatic carbocycles. The summed E-state index contributed by atoms with van der Waals surface area (Å²) >= 11 is 0. The second-order valence-corrected chi connectivity index (χ2v) is 4.51. The minimum Gasteiger partial charge on any atom is -0.469 e. The predicted molar refractivity (Wildman–Crippen MR) is 66.1 cm³/mol. The molecule has 0 saturated carbocycles. The molecule has 1 saturated heterocycles. The van der Waals surface area contributed by atoms with E-state index in [0.29, 0.717) is 11.6 Å². The van der Waals surface area contributed by atoms with E-state index in [0.717, 1.165) is 38.1 Å². The Labute approximate surface area is 102 Å². The highest BCUT2D eigenvalue weighted by molar-refractivity contribution is 5.95. The Balaban J connectivity index is 2.08. The lowest BCUT2D eigenvalue weighted by atomic mass is 10.0. The van der Waals surface area contributed by atoms with Crippen LogP contribution in [0.2, 0.25) is 0 Å². The van der Waals surface area contributed by atoms with Crippen molar-refractivity contribution in [1.82, 2.24) is 10.2 Å². The van der Waals surface area contributed by atoms with Crippen LogP contribution in [-0.2, 0) is 6.42 Å². The van der Waals surface area contributed by atoms with Crippen molar-refractivity contribution in [1.29, 1.82) is 0 Å². The molecule has 0 unspecified atom stereocenters. The Morgan fingerprint density at radius 2 is 2.24 bits per heavy atom. The average molecular weight is 236 g/mol. The van der Waals surface area contributed by atoms with Gasteiger partial charge in [0.15, 0.2) is 0 Å². The first-order valence-corrected chi connectivity index (χ1v) is 6.28. The average Bonchev–Trinajstić information content (AvgIpc) is 2.86. The zero-order chi connectivity index (χ0) is 12.3. The number of aryl methyl sites for hydroxylation is 1. The fourth-order valence-electron chi connectivity index (χ4n) is 2.35. The van der Waals surface area contributed by atoms with E-state index >= 15 is 0 Å². The van der Waals surface area contributed by atoms with Crippen LogP contribution in [-0.4, -0.2) is 37.0 Å². The van der Waals surface area contributed by atoms with Crippen LogP contribution in [0.3, 0.4) is 0 Å². The summed E-state index contributed by atoms with van der Waals surface area (Å²) in [5.74, 6) is 0.873. The molecule has 1 N–H and O–H groups in total. The molecule has 1 aliphatic rings. The van der Waals surface area contributed by atoms with Crippen LogP contribution in [0.5, 0.6) is 0 Å². The number of hydrogen-bond donors (Lipinski definition) is 1. The van der Waals surface area contributed by atoms with Crippen molar-refractivity contribution in [2.75, 3.05) is 20.1 Å². The first-order chi connectivity index (χ1) is 8.24. The van der Waals surface area contributed by atoms with E-state index in [1.54, 1.807) is 12.3 Å². The third-order valence-electron chi connectivity index (χ3n) is 3.47. The van der Waals surface area contributed by atoms with E-state index in [4.69, 9.17) is 4.42 Å². The second-order valence-electron chi connectivity index (χ2n) is 4.51. The molecule has 0 bridgehead atoms. The Morgan fingerprint density at radius 1 is 1.53 bits per heavy atom. The summed E-state index contributed by atoms with van der Waals surface area (Å²) in [6.07, 6.45) is 4.42. The lowest BCUT2D eigenvalue weighted by Gasteiger charge is -2.31. The first kappa shape index (κ1) is 12.2. The molecule has 4 nitrogen and oxygen atoms in total. The smallest absolute Gasteiger partial charge is 0.257 e. The van der Waals surface area contributed by atoms with Gasteiger partial charge in [-0.25, -0.2) is 0 Å². The third-order valence-corrected chi connectivity index (χ3v) is 3.47. The maximum atomic E-state index is 12.3. The van der Waals surface area contributed by atoms with Crippen LogP contribution in [0.4, 0.5) is 0 Å². The second kappa shape index (κ2) is 5.36. The van der Waals surface area contributed by atoms with Gasteiger partial charge in [0.05, 0.1) is 11.8 Å². The molecule has 1 fully saturated rings. The molecule has 1 aromatic rings. The van der Waals surface area contributed by atoms with Gasteiger partial charge in [0.2, 0.25) is 0 Å². The van der Waals surface area contributed by atoms with E-state index in [1.807, 2.05) is 18.9 Å². The molecule has 1 aliphatic heterocycles. The highest BCUT2D eigenvalue weighted by atomic mass is 16.3. The van der Waals surface area contributed by atoms with Gasteiger partial charge in [0.1, 0.15) is 5.76 Å². The normalized spacial score (nSPS) is 17.1. The summed E-state index contributed by atoms with van der Waals surface area (Å²) < 4.78 is 5.31. The summed E-state index contributed by atoms with van der Waals surface area (Å²) in [5.41, 5.74) is 0.716.